The van der Waals surface area contributed by atoms with Crippen LogP contribution in [-0.4, -0.2) is 27.2 Å². The van der Waals surface area contributed by atoms with Gasteiger partial charge in [0, 0.05) is 18.2 Å². The van der Waals surface area contributed by atoms with Gasteiger partial charge in [-0.1, -0.05) is 29.8 Å². The number of carbonyl (C=O) groups excluding carboxylic acids is 1. The van der Waals surface area contributed by atoms with Gasteiger partial charge in [0.1, 0.15) is 5.75 Å². The van der Waals surface area contributed by atoms with E-state index in [4.69, 9.17) is 16.3 Å². The molecule has 0 saturated carbocycles. The zero-order chi connectivity index (χ0) is 16.5. The van der Waals surface area contributed by atoms with Crippen LogP contribution in [0.4, 0.5) is 10.7 Å². The molecule has 3 aromatic rings. The Bertz CT molecular complexity index is 877. The summed E-state index contributed by atoms with van der Waals surface area (Å²) < 4.78 is 7.19. The van der Waals surface area contributed by atoms with Crippen LogP contribution in [0.25, 0.3) is 5.65 Å². The molecule has 24 heavy (non-hydrogen) atoms. The van der Waals surface area contributed by atoms with Crippen LogP contribution in [0.15, 0.2) is 42.6 Å². The molecule has 4 rings (SSSR count). The minimum absolute atomic E-state index is 0.176. The summed E-state index contributed by atoms with van der Waals surface area (Å²) in [7, 11) is 0. The smallest absolute Gasteiger partial charge is 0.322 e. The molecule has 0 spiro atoms. The standard InChI is InChI=1S/C16H14ClN5O2/c17-11-5-3-4-10-12(7-9-24-14(10)11)18-16(23)20-15-19-13-6-1-2-8-22(13)21-15/h1-6,8,12H,7,9H2,(H2,18,20,21,23)/t12-/m0/s1. The maximum atomic E-state index is 12.3. The van der Waals surface area contributed by atoms with Crippen LogP contribution in [0.3, 0.4) is 0 Å². The van der Waals surface area contributed by atoms with Crippen molar-refractivity contribution in [3.05, 3.63) is 53.2 Å². The predicted octanol–water partition coefficient (Wildman–Crippen LogP) is 3.03. The van der Waals surface area contributed by atoms with E-state index in [9.17, 15) is 4.79 Å². The summed E-state index contributed by atoms with van der Waals surface area (Å²) in [6.07, 6.45) is 2.43. The maximum absolute atomic E-state index is 12.3. The minimum Gasteiger partial charge on any atom is -0.492 e. The Morgan fingerprint density at radius 3 is 3.08 bits per heavy atom. The first-order valence-corrected chi connectivity index (χ1v) is 7.88. The fourth-order valence-corrected chi connectivity index (χ4v) is 2.95. The van der Waals surface area contributed by atoms with E-state index in [0.29, 0.717) is 29.4 Å². The van der Waals surface area contributed by atoms with Gasteiger partial charge in [-0.3, -0.25) is 5.32 Å². The van der Waals surface area contributed by atoms with Crippen LogP contribution in [0.1, 0.15) is 18.0 Å². The molecule has 0 radical (unpaired) electrons. The summed E-state index contributed by atoms with van der Waals surface area (Å²) in [5.74, 6) is 0.874. The third kappa shape index (κ3) is 2.74. The van der Waals surface area contributed by atoms with Gasteiger partial charge in [0.2, 0.25) is 0 Å². The van der Waals surface area contributed by atoms with E-state index < -0.39 is 0 Å². The van der Waals surface area contributed by atoms with Crippen molar-refractivity contribution in [1.29, 1.82) is 0 Å². The number of fused-ring (bicyclic) bond motifs is 2. The van der Waals surface area contributed by atoms with E-state index in [2.05, 4.69) is 20.7 Å². The number of pyridine rings is 1. The number of ether oxygens (including phenoxy) is 1. The lowest BCUT2D eigenvalue weighted by atomic mass is 10.0. The van der Waals surface area contributed by atoms with Crippen LogP contribution in [0.2, 0.25) is 5.02 Å². The second-order valence-electron chi connectivity index (χ2n) is 5.39. The summed E-state index contributed by atoms with van der Waals surface area (Å²) in [6.45, 7) is 0.494. The topological polar surface area (TPSA) is 80.6 Å². The molecule has 0 unspecified atom stereocenters. The number of rotatable bonds is 2. The molecule has 1 aromatic carbocycles. The first-order chi connectivity index (χ1) is 11.7. The predicted molar refractivity (Wildman–Crippen MR) is 89.4 cm³/mol. The SMILES string of the molecule is O=C(Nc1nc2ccccn2n1)N[C@H]1CCOc2c(Cl)cccc21. The number of amides is 2. The molecular weight excluding hydrogens is 330 g/mol. The monoisotopic (exact) mass is 343 g/mol. The van der Waals surface area contributed by atoms with Gasteiger partial charge in [-0.25, -0.2) is 9.31 Å². The van der Waals surface area contributed by atoms with Crippen molar-refractivity contribution in [2.24, 2.45) is 0 Å². The van der Waals surface area contributed by atoms with Crippen molar-refractivity contribution in [2.45, 2.75) is 12.5 Å². The Morgan fingerprint density at radius 2 is 2.21 bits per heavy atom. The molecule has 3 heterocycles. The number of carbonyl (C=O) groups is 1. The van der Waals surface area contributed by atoms with Gasteiger partial charge in [-0.15, -0.1) is 5.10 Å². The lowest BCUT2D eigenvalue weighted by Crippen LogP contribution is -2.35. The van der Waals surface area contributed by atoms with Crippen LogP contribution >= 0.6 is 11.6 Å². The van der Waals surface area contributed by atoms with Crippen molar-refractivity contribution < 1.29 is 9.53 Å². The molecule has 2 amide bonds. The van der Waals surface area contributed by atoms with E-state index in [-0.39, 0.29) is 18.0 Å². The number of urea groups is 1. The normalized spacial score (nSPS) is 16.3. The van der Waals surface area contributed by atoms with Gasteiger partial charge in [0.15, 0.2) is 5.65 Å². The highest BCUT2D eigenvalue weighted by molar-refractivity contribution is 6.32. The van der Waals surface area contributed by atoms with Gasteiger partial charge < -0.3 is 10.1 Å². The number of hydrogen-bond donors (Lipinski definition) is 2. The van der Waals surface area contributed by atoms with Crippen molar-refractivity contribution in [1.82, 2.24) is 19.9 Å². The molecule has 1 aliphatic rings. The Morgan fingerprint density at radius 1 is 1.29 bits per heavy atom. The Kier molecular flexibility index (Phi) is 3.70. The summed E-state index contributed by atoms with van der Waals surface area (Å²) in [6, 6.07) is 10.5. The fraction of sp³-hybridized carbons (Fsp3) is 0.188. The highest BCUT2D eigenvalue weighted by atomic mass is 35.5. The zero-order valence-electron chi connectivity index (χ0n) is 12.6. The molecule has 1 atom stereocenters. The molecule has 0 saturated heterocycles. The molecule has 1 aliphatic heterocycles. The zero-order valence-corrected chi connectivity index (χ0v) is 13.3. The second kappa shape index (κ2) is 6.01. The average molecular weight is 344 g/mol. The molecule has 7 nitrogen and oxygen atoms in total. The van der Waals surface area contributed by atoms with Crippen molar-refractivity contribution in [3.8, 4) is 5.75 Å². The lowest BCUT2D eigenvalue weighted by molar-refractivity contribution is 0.232. The van der Waals surface area contributed by atoms with Crippen molar-refractivity contribution in [3.63, 3.8) is 0 Å². The molecule has 2 N–H and O–H groups in total. The largest absolute Gasteiger partial charge is 0.492 e. The molecule has 0 aliphatic carbocycles. The van der Waals surface area contributed by atoms with Crippen LogP contribution in [0, 0.1) is 0 Å². The minimum atomic E-state index is -0.372. The molecule has 2 aromatic heterocycles. The quantitative estimate of drug-likeness (QED) is 0.749. The number of halogens is 1. The van der Waals surface area contributed by atoms with E-state index in [1.807, 2.05) is 30.3 Å². The van der Waals surface area contributed by atoms with Crippen molar-refractivity contribution in [2.75, 3.05) is 11.9 Å². The third-order valence-corrected chi connectivity index (χ3v) is 4.10. The highest BCUT2D eigenvalue weighted by Crippen LogP contribution is 2.37. The number of para-hydroxylation sites is 1. The summed E-state index contributed by atoms with van der Waals surface area (Å²) >= 11 is 6.14. The van der Waals surface area contributed by atoms with Gasteiger partial charge in [-0.2, -0.15) is 4.98 Å². The number of nitrogens with zero attached hydrogens (tertiary/aromatic N) is 3. The molecule has 0 bridgehead atoms. The first kappa shape index (κ1) is 14.8. The second-order valence-corrected chi connectivity index (χ2v) is 5.79. The third-order valence-electron chi connectivity index (χ3n) is 3.80. The van der Waals surface area contributed by atoms with Gasteiger partial charge in [0.05, 0.1) is 17.7 Å². The van der Waals surface area contributed by atoms with Crippen LogP contribution in [0.5, 0.6) is 5.75 Å². The van der Waals surface area contributed by atoms with Crippen LogP contribution < -0.4 is 15.4 Å². The van der Waals surface area contributed by atoms with E-state index in [1.165, 1.54) is 0 Å². The molecular formula is C16H14ClN5O2. The lowest BCUT2D eigenvalue weighted by Gasteiger charge is -2.27. The van der Waals surface area contributed by atoms with E-state index >= 15 is 0 Å². The van der Waals surface area contributed by atoms with Crippen LogP contribution in [-0.2, 0) is 0 Å². The van der Waals surface area contributed by atoms with Gasteiger partial charge >= 0.3 is 6.03 Å². The summed E-state index contributed by atoms with van der Waals surface area (Å²) in [5, 5.41) is 10.3. The summed E-state index contributed by atoms with van der Waals surface area (Å²) in [4.78, 5) is 16.5. The molecule has 8 heteroatoms. The number of anilines is 1. The average Bonchev–Trinajstić information content (AvgIpc) is 2.98. The summed E-state index contributed by atoms with van der Waals surface area (Å²) in [5.41, 5.74) is 1.53. The number of aromatic nitrogens is 3. The fourth-order valence-electron chi connectivity index (χ4n) is 2.72. The van der Waals surface area contributed by atoms with Gasteiger partial charge in [0.25, 0.3) is 5.95 Å². The van der Waals surface area contributed by atoms with Crippen molar-refractivity contribution >= 4 is 29.2 Å². The first-order valence-electron chi connectivity index (χ1n) is 7.51. The molecule has 0 fully saturated rings. The Labute approximate surface area is 142 Å². The van der Waals surface area contributed by atoms with E-state index in [1.54, 1.807) is 16.8 Å². The Balaban J connectivity index is 1.50. The maximum Gasteiger partial charge on any atom is 0.322 e. The van der Waals surface area contributed by atoms with E-state index in [0.717, 1.165) is 5.56 Å². The Hall–Kier alpha value is -2.80. The number of hydrogen-bond acceptors (Lipinski definition) is 4. The number of nitrogens with one attached hydrogen (secondary N) is 2. The number of benzene rings is 1. The molecule has 122 valence electrons. The van der Waals surface area contributed by atoms with Gasteiger partial charge in [-0.05, 0) is 18.2 Å². The highest BCUT2D eigenvalue weighted by Gasteiger charge is 2.25.